The summed E-state index contributed by atoms with van der Waals surface area (Å²) in [7, 11) is 0. The molecular formula is C10H11BrFNO2. The molecule has 0 fully saturated rings. The lowest BCUT2D eigenvalue weighted by molar-refractivity contribution is -0.141. The normalized spacial score (nSPS) is 12.5. The fourth-order valence-corrected chi connectivity index (χ4v) is 1.51. The first-order valence-corrected chi connectivity index (χ1v) is 5.32. The van der Waals surface area contributed by atoms with Crippen LogP contribution in [0, 0.1) is 11.9 Å². The Hall–Kier alpha value is -0.970. The lowest BCUT2D eigenvalue weighted by Crippen LogP contribution is -2.10. The fourth-order valence-electron chi connectivity index (χ4n) is 1.14. The van der Waals surface area contributed by atoms with Gasteiger partial charge in [-0.05, 0) is 34.8 Å². The number of aromatic nitrogens is 1. The number of pyridine rings is 1. The minimum atomic E-state index is -0.863. The molecular weight excluding hydrogens is 265 g/mol. The van der Waals surface area contributed by atoms with E-state index in [-0.39, 0.29) is 0 Å². The maximum atomic E-state index is 13.1. The summed E-state index contributed by atoms with van der Waals surface area (Å²) < 4.78 is 13.8. The zero-order valence-electron chi connectivity index (χ0n) is 8.20. The van der Waals surface area contributed by atoms with Gasteiger partial charge in [0.1, 0.15) is 0 Å². The lowest BCUT2D eigenvalue weighted by atomic mass is 10.0. The van der Waals surface area contributed by atoms with Crippen LogP contribution in [0.5, 0.6) is 0 Å². The van der Waals surface area contributed by atoms with Gasteiger partial charge in [0.25, 0.3) is 0 Å². The molecule has 5 heteroatoms. The van der Waals surface area contributed by atoms with Crippen molar-refractivity contribution in [3.63, 3.8) is 0 Å². The topological polar surface area (TPSA) is 50.2 Å². The highest BCUT2D eigenvalue weighted by Gasteiger charge is 2.12. The van der Waals surface area contributed by atoms with Crippen molar-refractivity contribution in [3.05, 3.63) is 28.2 Å². The van der Waals surface area contributed by atoms with Crippen LogP contribution in [0.1, 0.15) is 18.9 Å². The highest BCUT2D eigenvalue weighted by molar-refractivity contribution is 9.10. The van der Waals surface area contributed by atoms with Gasteiger partial charge in [-0.25, -0.2) is 4.98 Å². The van der Waals surface area contributed by atoms with Crippen molar-refractivity contribution in [2.24, 2.45) is 5.92 Å². The van der Waals surface area contributed by atoms with Gasteiger partial charge < -0.3 is 5.11 Å². The number of nitrogens with zero attached hydrogens (tertiary/aromatic N) is 1. The second-order valence-corrected chi connectivity index (χ2v) is 4.30. The molecule has 1 N–H and O–H groups in total. The van der Waals surface area contributed by atoms with Crippen LogP contribution in [0.25, 0.3) is 0 Å². The number of carboxylic acids is 1. The summed E-state index contributed by atoms with van der Waals surface area (Å²) in [5.74, 6) is -1.86. The third kappa shape index (κ3) is 3.58. The Balaban J connectivity index is 2.65. The largest absolute Gasteiger partial charge is 0.481 e. The monoisotopic (exact) mass is 275 g/mol. The quantitative estimate of drug-likeness (QED) is 0.860. The highest BCUT2D eigenvalue weighted by atomic mass is 79.9. The summed E-state index contributed by atoms with van der Waals surface area (Å²) in [6, 6.07) is 1.62. The Morgan fingerprint density at radius 3 is 3.00 bits per heavy atom. The van der Waals surface area contributed by atoms with E-state index in [1.54, 1.807) is 13.0 Å². The number of hydrogen-bond donors (Lipinski definition) is 1. The molecule has 0 aliphatic rings. The van der Waals surface area contributed by atoms with Crippen molar-refractivity contribution in [2.75, 3.05) is 0 Å². The fraction of sp³-hybridized carbons (Fsp3) is 0.400. The zero-order chi connectivity index (χ0) is 11.4. The van der Waals surface area contributed by atoms with E-state index in [0.29, 0.717) is 22.9 Å². The van der Waals surface area contributed by atoms with Crippen LogP contribution < -0.4 is 0 Å². The predicted molar refractivity (Wildman–Crippen MR) is 57.0 cm³/mol. The number of aryl methyl sites for hydroxylation is 1. The van der Waals surface area contributed by atoms with Crippen molar-refractivity contribution >= 4 is 21.9 Å². The molecule has 0 radical (unpaired) electrons. The number of carbonyl (C=O) groups is 1. The van der Waals surface area contributed by atoms with Crippen LogP contribution in [-0.4, -0.2) is 16.1 Å². The van der Waals surface area contributed by atoms with Crippen LogP contribution in [0.15, 0.2) is 16.7 Å². The third-order valence-electron chi connectivity index (χ3n) is 2.15. The van der Waals surface area contributed by atoms with Crippen molar-refractivity contribution < 1.29 is 14.3 Å². The first kappa shape index (κ1) is 12.1. The van der Waals surface area contributed by atoms with Gasteiger partial charge in [0.2, 0.25) is 5.95 Å². The molecule has 0 aliphatic carbocycles. The summed E-state index contributed by atoms with van der Waals surface area (Å²) in [6.45, 7) is 1.60. The maximum absolute atomic E-state index is 13.1. The predicted octanol–water partition coefficient (Wildman–Crippen LogP) is 2.64. The second kappa shape index (κ2) is 5.21. The summed E-state index contributed by atoms with van der Waals surface area (Å²) in [6.07, 6.45) is 2.16. The molecule has 3 nitrogen and oxygen atoms in total. The van der Waals surface area contributed by atoms with Crippen molar-refractivity contribution in [1.82, 2.24) is 4.98 Å². The molecule has 1 aromatic rings. The van der Waals surface area contributed by atoms with Gasteiger partial charge in [0.05, 0.1) is 5.92 Å². The smallest absolute Gasteiger partial charge is 0.306 e. The van der Waals surface area contributed by atoms with Crippen molar-refractivity contribution in [1.29, 1.82) is 0 Å². The number of hydrogen-bond acceptors (Lipinski definition) is 2. The van der Waals surface area contributed by atoms with Crippen LogP contribution in [-0.2, 0) is 11.2 Å². The molecule has 1 atom stereocenters. The molecule has 0 aliphatic heterocycles. The van der Waals surface area contributed by atoms with E-state index < -0.39 is 17.8 Å². The summed E-state index contributed by atoms with van der Waals surface area (Å²) in [4.78, 5) is 14.1. The van der Waals surface area contributed by atoms with E-state index in [0.717, 1.165) is 0 Å². The molecule has 0 saturated carbocycles. The Kier molecular flexibility index (Phi) is 4.20. The summed E-state index contributed by atoms with van der Waals surface area (Å²) in [5.41, 5.74) is 0.442. The van der Waals surface area contributed by atoms with E-state index in [4.69, 9.17) is 5.11 Å². The third-order valence-corrected chi connectivity index (χ3v) is 2.58. The standard InChI is InChI=1S/C10H11BrFNO2/c1-6(10(14)15)2-3-7-4-8(11)5-13-9(7)12/h4-6H,2-3H2,1H3,(H,14,15). The Morgan fingerprint density at radius 2 is 2.40 bits per heavy atom. The summed E-state index contributed by atoms with van der Waals surface area (Å²) in [5, 5.41) is 8.67. The highest BCUT2D eigenvalue weighted by Crippen LogP contribution is 2.16. The average Bonchev–Trinajstić information content (AvgIpc) is 2.18. The molecule has 0 saturated heterocycles. The average molecular weight is 276 g/mol. The minimum absolute atomic E-state index is 0.381. The molecule has 82 valence electrons. The number of aliphatic carboxylic acids is 1. The van der Waals surface area contributed by atoms with Crippen molar-refractivity contribution in [3.8, 4) is 0 Å². The second-order valence-electron chi connectivity index (χ2n) is 3.38. The maximum Gasteiger partial charge on any atom is 0.306 e. The van der Waals surface area contributed by atoms with E-state index in [2.05, 4.69) is 20.9 Å². The van der Waals surface area contributed by atoms with Gasteiger partial charge in [-0.3, -0.25) is 4.79 Å². The number of halogens is 2. The molecule has 1 rings (SSSR count). The molecule has 0 aromatic carbocycles. The van der Waals surface area contributed by atoms with Gasteiger partial charge >= 0.3 is 5.97 Å². The van der Waals surface area contributed by atoms with E-state index in [9.17, 15) is 9.18 Å². The van der Waals surface area contributed by atoms with Crippen LogP contribution >= 0.6 is 15.9 Å². The van der Waals surface area contributed by atoms with Gasteiger partial charge in [-0.1, -0.05) is 6.92 Å². The van der Waals surface area contributed by atoms with Crippen LogP contribution in [0.3, 0.4) is 0 Å². The van der Waals surface area contributed by atoms with E-state index in [1.165, 1.54) is 6.20 Å². The Morgan fingerprint density at radius 1 is 1.73 bits per heavy atom. The first-order valence-electron chi connectivity index (χ1n) is 4.53. The van der Waals surface area contributed by atoms with Gasteiger partial charge in [-0.15, -0.1) is 0 Å². The molecule has 0 spiro atoms. The van der Waals surface area contributed by atoms with Gasteiger partial charge in [0.15, 0.2) is 0 Å². The lowest BCUT2D eigenvalue weighted by Gasteiger charge is -2.06. The van der Waals surface area contributed by atoms with Crippen molar-refractivity contribution in [2.45, 2.75) is 19.8 Å². The van der Waals surface area contributed by atoms with E-state index >= 15 is 0 Å². The number of rotatable bonds is 4. The molecule has 1 unspecified atom stereocenters. The van der Waals surface area contributed by atoms with E-state index in [1.807, 2.05) is 0 Å². The van der Waals surface area contributed by atoms with Gasteiger partial charge in [-0.2, -0.15) is 4.39 Å². The summed E-state index contributed by atoms with van der Waals surface area (Å²) >= 11 is 3.19. The first-order chi connectivity index (χ1) is 7.00. The number of carboxylic acid groups (broad SMARTS) is 1. The molecule has 15 heavy (non-hydrogen) atoms. The molecule has 0 amide bonds. The molecule has 0 bridgehead atoms. The molecule has 1 heterocycles. The SMILES string of the molecule is CC(CCc1cc(Br)cnc1F)C(=O)O. The Bertz CT molecular complexity index is 370. The van der Waals surface area contributed by atoms with Crippen LogP contribution in [0.2, 0.25) is 0 Å². The minimum Gasteiger partial charge on any atom is -0.481 e. The van der Waals surface area contributed by atoms with Gasteiger partial charge in [0, 0.05) is 16.2 Å². The Labute approximate surface area is 95.5 Å². The van der Waals surface area contributed by atoms with Crippen LogP contribution in [0.4, 0.5) is 4.39 Å². The zero-order valence-corrected chi connectivity index (χ0v) is 9.79. The molecule has 1 aromatic heterocycles.